The van der Waals surface area contributed by atoms with Crippen molar-refractivity contribution in [3.05, 3.63) is 54.1 Å². The molecule has 8 heteroatoms. The fraction of sp³-hybridized carbons (Fsp3) is 0.360. The molecule has 33 heavy (non-hydrogen) atoms. The number of benzene rings is 2. The van der Waals surface area contributed by atoms with E-state index in [1.807, 2.05) is 55.5 Å². The second-order valence-electron chi connectivity index (χ2n) is 8.20. The van der Waals surface area contributed by atoms with E-state index in [4.69, 9.17) is 14.5 Å². The van der Waals surface area contributed by atoms with Gasteiger partial charge < -0.3 is 9.47 Å². The number of hydrogen-bond donors (Lipinski definition) is 0. The van der Waals surface area contributed by atoms with Gasteiger partial charge in [0.2, 0.25) is 23.2 Å². The van der Waals surface area contributed by atoms with Gasteiger partial charge >= 0.3 is 0 Å². The van der Waals surface area contributed by atoms with Gasteiger partial charge in [-0.1, -0.05) is 62.9 Å². The maximum atomic E-state index is 13.4. The van der Waals surface area contributed by atoms with Crippen LogP contribution in [0.15, 0.2) is 53.7 Å². The van der Waals surface area contributed by atoms with E-state index in [9.17, 15) is 4.79 Å². The second kappa shape index (κ2) is 10.2. The molecule has 0 radical (unpaired) electrons. The van der Waals surface area contributed by atoms with Crippen molar-refractivity contribution >= 4 is 23.4 Å². The van der Waals surface area contributed by atoms with E-state index in [1.54, 1.807) is 12.0 Å². The average molecular weight is 465 g/mol. The first-order valence-corrected chi connectivity index (χ1v) is 12.1. The van der Waals surface area contributed by atoms with Gasteiger partial charge in [0, 0.05) is 17.7 Å². The van der Waals surface area contributed by atoms with Crippen molar-refractivity contribution in [3.63, 3.8) is 0 Å². The molecule has 172 valence electrons. The number of para-hydroxylation sites is 2. The van der Waals surface area contributed by atoms with Crippen molar-refractivity contribution in [2.24, 2.45) is 5.92 Å². The predicted octanol–water partition coefficient (Wildman–Crippen LogP) is 5.52. The lowest BCUT2D eigenvalue weighted by Crippen LogP contribution is -2.37. The number of fused-ring (bicyclic) bond motifs is 3. The Kier molecular flexibility index (Phi) is 7.13. The van der Waals surface area contributed by atoms with Crippen molar-refractivity contribution in [1.82, 2.24) is 15.2 Å². The maximum absolute atomic E-state index is 13.4. The van der Waals surface area contributed by atoms with Crippen LogP contribution in [0, 0.1) is 5.92 Å². The van der Waals surface area contributed by atoms with Crippen LogP contribution in [0.5, 0.6) is 11.6 Å². The highest BCUT2D eigenvalue weighted by Crippen LogP contribution is 2.45. The topological polar surface area (TPSA) is 77.4 Å². The third-order valence-corrected chi connectivity index (χ3v) is 6.46. The van der Waals surface area contributed by atoms with Crippen LogP contribution in [0.1, 0.15) is 45.4 Å². The third-order valence-electron chi connectivity index (χ3n) is 5.20. The Morgan fingerprint density at radius 1 is 1.15 bits per heavy atom. The Hall–Kier alpha value is -3.13. The molecule has 0 aliphatic carbocycles. The minimum atomic E-state index is -0.762. The lowest BCUT2D eigenvalue weighted by molar-refractivity contribution is -0.120. The van der Waals surface area contributed by atoms with Crippen molar-refractivity contribution in [2.45, 2.75) is 45.0 Å². The lowest BCUT2D eigenvalue weighted by atomic mass is 10.1. The Morgan fingerprint density at radius 2 is 1.91 bits per heavy atom. The van der Waals surface area contributed by atoms with Gasteiger partial charge in [0.1, 0.15) is 5.75 Å². The van der Waals surface area contributed by atoms with Crippen LogP contribution >= 0.6 is 11.8 Å². The Morgan fingerprint density at radius 3 is 2.67 bits per heavy atom. The number of thioether (sulfide) groups is 1. The van der Waals surface area contributed by atoms with Crippen LogP contribution in [0.2, 0.25) is 0 Å². The number of hydrogen-bond acceptors (Lipinski definition) is 7. The lowest BCUT2D eigenvalue weighted by Gasteiger charge is -2.31. The summed E-state index contributed by atoms with van der Waals surface area (Å²) in [6.07, 6.45) is 0.341. The van der Waals surface area contributed by atoms with Crippen molar-refractivity contribution in [2.75, 3.05) is 17.8 Å². The number of aromatic nitrogens is 3. The molecule has 1 aliphatic rings. The second-order valence-corrected chi connectivity index (χ2v) is 9.18. The minimum Gasteiger partial charge on any atom is -0.496 e. The van der Waals surface area contributed by atoms with Gasteiger partial charge in [0.25, 0.3) is 0 Å². The smallest absolute Gasteiger partial charge is 0.247 e. The maximum Gasteiger partial charge on any atom is 0.247 e. The molecule has 4 rings (SSSR count). The molecule has 2 heterocycles. The highest BCUT2D eigenvalue weighted by Gasteiger charge is 2.36. The molecule has 0 fully saturated rings. The zero-order chi connectivity index (χ0) is 23.4. The number of nitrogens with zero attached hydrogens (tertiary/aromatic N) is 4. The van der Waals surface area contributed by atoms with Crippen molar-refractivity contribution in [3.8, 4) is 22.9 Å². The fourth-order valence-corrected chi connectivity index (χ4v) is 4.42. The molecular weight excluding hydrogens is 436 g/mol. The summed E-state index contributed by atoms with van der Waals surface area (Å²) in [6.45, 7) is 6.28. The molecule has 1 aromatic heterocycles. The van der Waals surface area contributed by atoms with Crippen LogP contribution in [-0.4, -0.2) is 34.0 Å². The number of amides is 1. The van der Waals surface area contributed by atoms with Crippen LogP contribution in [0.25, 0.3) is 11.3 Å². The van der Waals surface area contributed by atoms with Gasteiger partial charge in [-0.2, -0.15) is 4.98 Å². The van der Waals surface area contributed by atoms with E-state index < -0.39 is 6.23 Å². The van der Waals surface area contributed by atoms with Crippen molar-refractivity contribution < 1.29 is 14.3 Å². The molecule has 1 atom stereocenters. The zero-order valence-electron chi connectivity index (χ0n) is 19.3. The van der Waals surface area contributed by atoms with E-state index in [2.05, 4.69) is 24.0 Å². The number of ether oxygens (including phenoxy) is 2. The van der Waals surface area contributed by atoms with Gasteiger partial charge in [-0.3, -0.25) is 9.69 Å². The molecule has 3 aromatic rings. The van der Waals surface area contributed by atoms with Crippen molar-refractivity contribution in [1.29, 1.82) is 0 Å². The van der Waals surface area contributed by atoms with E-state index in [-0.39, 0.29) is 5.91 Å². The van der Waals surface area contributed by atoms with Crippen LogP contribution in [0.4, 0.5) is 5.69 Å². The molecule has 0 bridgehead atoms. The molecule has 0 saturated carbocycles. The first-order valence-electron chi connectivity index (χ1n) is 11.1. The fourth-order valence-electron chi connectivity index (χ4n) is 3.69. The van der Waals surface area contributed by atoms with Gasteiger partial charge in [-0.25, -0.2) is 0 Å². The molecule has 1 unspecified atom stereocenters. The Bertz CT molecular complexity index is 1140. The monoisotopic (exact) mass is 464 g/mol. The van der Waals surface area contributed by atoms with Gasteiger partial charge in [-0.15, -0.1) is 10.2 Å². The molecule has 0 N–H and O–H groups in total. The largest absolute Gasteiger partial charge is 0.496 e. The number of rotatable bonds is 7. The molecule has 0 saturated heterocycles. The number of carbonyl (C=O) groups excluding carboxylic acids is 1. The summed E-state index contributed by atoms with van der Waals surface area (Å²) in [4.78, 5) is 19.8. The van der Waals surface area contributed by atoms with Crippen LogP contribution in [0.3, 0.4) is 0 Å². The standard InChI is InChI=1S/C25H28N4O3S/c1-5-10-21(30)29-19-13-8-6-11-17(19)22-23(26-25(28-27-22)33-15-16(2)3)32-24(29)18-12-7-9-14-20(18)31-4/h6-9,11-14,16,24H,5,10,15H2,1-4H3. The first-order chi connectivity index (χ1) is 16.0. The summed E-state index contributed by atoms with van der Waals surface area (Å²) < 4.78 is 12.1. The minimum absolute atomic E-state index is 0.0453. The highest BCUT2D eigenvalue weighted by atomic mass is 32.2. The quantitative estimate of drug-likeness (QED) is 0.426. The van der Waals surface area contributed by atoms with E-state index in [1.165, 1.54) is 11.8 Å². The van der Waals surface area contributed by atoms with Gasteiger partial charge in [0.15, 0.2) is 5.69 Å². The number of carbonyl (C=O) groups is 1. The molecule has 2 aromatic carbocycles. The predicted molar refractivity (Wildman–Crippen MR) is 130 cm³/mol. The summed E-state index contributed by atoms with van der Waals surface area (Å²) in [6, 6.07) is 15.2. The Labute approximate surface area is 198 Å². The molecule has 1 aliphatic heterocycles. The Balaban J connectivity index is 1.90. The van der Waals surface area contributed by atoms with Crippen LogP contribution in [-0.2, 0) is 4.79 Å². The van der Waals surface area contributed by atoms with Gasteiger partial charge in [0.05, 0.1) is 18.4 Å². The summed E-state index contributed by atoms with van der Waals surface area (Å²) in [5, 5.41) is 9.37. The molecule has 0 spiro atoms. The zero-order valence-corrected chi connectivity index (χ0v) is 20.1. The summed E-state index contributed by atoms with van der Waals surface area (Å²) >= 11 is 1.54. The van der Waals surface area contributed by atoms with E-state index in [0.29, 0.717) is 40.5 Å². The van der Waals surface area contributed by atoms with E-state index in [0.717, 1.165) is 23.3 Å². The summed E-state index contributed by atoms with van der Waals surface area (Å²) in [7, 11) is 1.61. The number of anilines is 1. The highest BCUT2D eigenvalue weighted by molar-refractivity contribution is 7.99. The molecular formula is C25H28N4O3S. The SMILES string of the molecule is CCCC(=O)N1c2ccccc2-c2nnc(SCC(C)C)nc2OC1c1ccccc1OC. The average Bonchev–Trinajstić information content (AvgIpc) is 2.97. The molecule has 1 amide bonds. The summed E-state index contributed by atoms with van der Waals surface area (Å²) in [5.74, 6) is 2.30. The first kappa shape index (κ1) is 23.0. The third kappa shape index (κ3) is 4.80. The van der Waals surface area contributed by atoms with Gasteiger partial charge in [-0.05, 0) is 30.5 Å². The summed E-state index contributed by atoms with van der Waals surface area (Å²) in [5.41, 5.74) is 2.73. The van der Waals surface area contributed by atoms with E-state index >= 15 is 0 Å². The number of methoxy groups -OCH3 is 1. The molecule has 7 nitrogen and oxygen atoms in total. The van der Waals surface area contributed by atoms with Crippen LogP contribution < -0.4 is 14.4 Å². The normalized spacial score (nSPS) is 14.8.